The maximum atomic E-state index is 13.0. The predicted molar refractivity (Wildman–Crippen MR) is 107 cm³/mol. The Hall–Kier alpha value is -1.68. The van der Waals surface area contributed by atoms with Gasteiger partial charge in [-0.2, -0.15) is 0 Å². The molecule has 1 saturated heterocycles. The minimum absolute atomic E-state index is 0.200. The van der Waals surface area contributed by atoms with Gasteiger partial charge >= 0.3 is 5.97 Å². The van der Waals surface area contributed by atoms with Crippen LogP contribution in [0.4, 0.5) is 0 Å². The van der Waals surface area contributed by atoms with E-state index in [9.17, 15) is 9.59 Å². The van der Waals surface area contributed by atoms with Crippen molar-refractivity contribution < 1.29 is 19.1 Å². The number of esters is 1. The number of hydrogen-bond donors (Lipinski definition) is 0. The molecule has 0 saturated carbocycles. The molecule has 1 aromatic rings. The molecule has 1 aromatic carbocycles. The third-order valence-electron chi connectivity index (χ3n) is 6.13. The van der Waals surface area contributed by atoms with Crippen molar-refractivity contribution in [1.82, 2.24) is 0 Å². The van der Waals surface area contributed by atoms with Crippen LogP contribution in [-0.4, -0.2) is 31.6 Å². The maximum Gasteiger partial charge on any atom is 0.311 e. The monoisotopic (exact) mass is 374 g/mol. The molecule has 0 bridgehead atoms. The second-order valence-electron chi connectivity index (χ2n) is 8.58. The van der Waals surface area contributed by atoms with E-state index in [4.69, 9.17) is 9.47 Å². The molecule has 150 valence electrons. The standard InChI is InChI=1S/C23H34O4/c1-6-22(3,20(24)13-12-19-15-27-19)16-23(4,21(25)26-5)14-17(2)18-10-8-7-9-11-18/h7-11,17,19H,6,12-16H2,1-5H3. The average molecular weight is 375 g/mol. The normalized spacial score (nSPS) is 21.6. The molecule has 27 heavy (non-hydrogen) atoms. The van der Waals surface area contributed by atoms with E-state index in [0.29, 0.717) is 25.7 Å². The molecule has 0 aliphatic carbocycles. The summed E-state index contributed by atoms with van der Waals surface area (Å²) in [4.78, 5) is 25.7. The van der Waals surface area contributed by atoms with Crippen LogP contribution in [-0.2, 0) is 19.1 Å². The summed E-state index contributed by atoms with van der Waals surface area (Å²) in [7, 11) is 1.43. The van der Waals surface area contributed by atoms with Crippen molar-refractivity contribution in [2.24, 2.45) is 10.8 Å². The van der Waals surface area contributed by atoms with Gasteiger partial charge in [0.1, 0.15) is 5.78 Å². The third kappa shape index (κ3) is 5.65. The first-order valence-corrected chi connectivity index (χ1v) is 10.0. The van der Waals surface area contributed by atoms with Crippen molar-refractivity contribution in [2.45, 2.75) is 71.8 Å². The summed E-state index contributed by atoms with van der Waals surface area (Å²) in [6.45, 7) is 8.88. The highest BCUT2D eigenvalue weighted by atomic mass is 16.6. The number of hydrogen-bond acceptors (Lipinski definition) is 4. The SMILES string of the molecule is CCC(C)(CC(C)(CC(C)c1ccccc1)C(=O)OC)C(=O)CCC1CO1. The second kappa shape index (κ2) is 9.01. The molecule has 4 nitrogen and oxygen atoms in total. The van der Waals surface area contributed by atoms with E-state index in [0.717, 1.165) is 13.0 Å². The van der Waals surface area contributed by atoms with E-state index < -0.39 is 10.8 Å². The Morgan fingerprint density at radius 3 is 2.37 bits per heavy atom. The summed E-state index contributed by atoms with van der Waals surface area (Å²) >= 11 is 0. The first-order valence-electron chi connectivity index (χ1n) is 10.0. The third-order valence-corrected chi connectivity index (χ3v) is 6.13. The summed E-state index contributed by atoms with van der Waals surface area (Å²) in [5.74, 6) is 0.192. The topological polar surface area (TPSA) is 55.9 Å². The van der Waals surface area contributed by atoms with Gasteiger partial charge in [0.2, 0.25) is 0 Å². The first-order chi connectivity index (χ1) is 12.7. The van der Waals surface area contributed by atoms with E-state index in [1.54, 1.807) is 0 Å². The highest BCUT2D eigenvalue weighted by Gasteiger charge is 2.45. The van der Waals surface area contributed by atoms with Gasteiger partial charge in [-0.05, 0) is 44.1 Å². The Morgan fingerprint density at radius 2 is 1.85 bits per heavy atom. The minimum atomic E-state index is -0.708. The Balaban J connectivity index is 2.16. The fourth-order valence-corrected chi connectivity index (χ4v) is 4.16. The van der Waals surface area contributed by atoms with Gasteiger partial charge < -0.3 is 9.47 Å². The highest BCUT2D eigenvalue weighted by molar-refractivity contribution is 5.86. The summed E-state index contributed by atoms with van der Waals surface area (Å²) in [6.07, 6.45) is 3.41. The molecule has 4 atom stereocenters. The van der Waals surface area contributed by atoms with Crippen LogP contribution in [0.3, 0.4) is 0 Å². The highest BCUT2D eigenvalue weighted by Crippen LogP contribution is 2.44. The average Bonchev–Trinajstić information content (AvgIpc) is 3.50. The Bertz CT molecular complexity index is 637. The minimum Gasteiger partial charge on any atom is -0.469 e. The summed E-state index contributed by atoms with van der Waals surface area (Å²) in [6, 6.07) is 10.2. The number of carbonyl (C=O) groups excluding carboxylic acids is 2. The molecular weight excluding hydrogens is 340 g/mol. The largest absolute Gasteiger partial charge is 0.469 e. The van der Waals surface area contributed by atoms with Gasteiger partial charge in [-0.1, -0.05) is 51.1 Å². The lowest BCUT2D eigenvalue weighted by Gasteiger charge is -2.38. The number of carbonyl (C=O) groups is 2. The maximum absolute atomic E-state index is 13.0. The smallest absolute Gasteiger partial charge is 0.311 e. The van der Waals surface area contributed by atoms with Crippen molar-refractivity contribution in [1.29, 1.82) is 0 Å². The molecule has 1 heterocycles. The van der Waals surface area contributed by atoms with Crippen molar-refractivity contribution in [3.05, 3.63) is 35.9 Å². The lowest BCUT2D eigenvalue weighted by Crippen LogP contribution is -2.40. The lowest BCUT2D eigenvalue weighted by atomic mass is 9.65. The summed E-state index contributed by atoms with van der Waals surface area (Å²) < 4.78 is 10.4. The van der Waals surface area contributed by atoms with E-state index in [1.807, 2.05) is 39.0 Å². The van der Waals surface area contributed by atoms with Crippen LogP contribution in [0.5, 0.6) is 0 Å². The molecule has 0 amide bonds. The summed E-state index contributed by atoms with van der Waals surface area (Å²) in [5, 5.41) is 0. The molecule has 1 aliphatic heterocycles. The van der Waals surface area contributed by atoms with Crippen LogP contribution in [0.15, 0.2) is 30.3 Å². The van der Waals surface area contributed by atoms with E-state index in [1.165, 1.54) is 12.7 Å². The van der Waals surface area contributed by atoms with Gasteiger partial charge in [0, 0.05) is 11.8 Å². The van der Waals surface area contributed by atoms with Crippen molar-refractivity contribution in [3.8, 4) is 0 Å². The van der Waals surface area contributed by atoms with Crippen molar-refractivity contribution in [2.75, 3.05) is 13.7 Å². The van der Waals surface area contributed by atoms with Crippen LogP contribution in [0.25, 0.3) is 0 Å². The quantitative estimate of drug-likeness (QED) is 0.408. The van der Waals surface area contributed by atoms with E-state index in [2.05, 4.69) is 19.1 Å². The zero-order valence-electron chi connectivity index (χ0n) is 17.4. The Kier molecular flexibility index (Phi) is 7.21. The molecule has 0 spiro atoms. The molecule has 0 aromatic heterocycles. The van der Waals surface area contributed by atoms with E-state index >= 15 is 0 Å². The molecular formula is C23H34O4. The van der Waals surface area contributed by atoms with Crippen molar-refractivity contribution in [3.63, 3.8) is 0 Å². The van der Waals surface area contributed by atoms with Crippen LogP contribution >= 0.6 is 0 Å². The number of rotatable bonds is 11. The van der Waals surface area contributed by atoms with Gasteiger partial charge in [0.15, 0.2) is 0 Å². The molecule has 1 fully saturated rings. The zero-order chi connectivity index (χ0) is 20.1. The molecule has 2 rings (SSSR count). The number of ketones is 1. The van der Waals surface area contributed by atoms with Crippen LogP contribution in [0.2, 0.25) is 0 Å². The van der Waals surface area contributed by atoms with Gasteiger partial charge in [-0.3, -0.25) is 9.59 Å². The van der Waals surface area contributed by atoms with Gasteiger partial charge in [-0.25, -0.2) is 0 Å². The van der Waals surface area contributed by atoms with Gasteiger partial charge in [0.05, 0.1) is 25.2 Å². The van der Waals surface area contributed by atoms with E-state index in [-0.39, 0.29) is 23.8 Å². The molecule has 0 radical (unpaired) electrons. The second-order valence-corrected chi connectivity index (χ2v) is 8.58. The zero-order valence-corrected chi connectivity index (χ0v) is 17.4. The number of Topliss-reactive ketones (excluding diaryl/α,β-unsaturated/α-hetero) is 1. The van der Waals surface area contributed by atoms with Crippen molar-refractivity contribution >= 4 is 11.8 Å². The molecule has 4 unspecified atom stereocenters. The fraction of sp³-hybridized carbons (Fsp3) is 0.652. The van der Waals surface area contributed by atoms with Crippen LogP contribution in [0.1, 0.15) is 71.3 Å². The first kappa shape index (κ1) is 21.6. The Morgan fingerprint density at radius 1 is 1.22 bits per heavy atom. The van der Waals surface area contributed by atoms with Crippen LogP contribution < -0.4 is 0 Å². The predicted octanol–water partition coefficient (Wildman–Crippen LogP) is 4.91. The van der Waals surface area contributed by atoms with Gasteiger partial charge in [-0.15, -0.1) is 0 Å². The van der Waals surface area contributed by atoms with Crippen LogP contribution in [0, 0.1) is 10.8 Å². The number of methoxy groups -OCH3 is 1. The molecule has 0 N–H and O–H groups in total. The summed E-state index contributed by atoms with van der Waals surface area (Å²) in [5.41, 5.74) is -0.0441. The number of ether oxygens (including phenoxy) is 2. The Labute approximate surface area is 163 Å². The molecule has 1 aliphatic rings. The lowest BCUT2D eigenvalue weighted by molar-refractivity contribution is -0.155. The number of epoxide rings is 1. The molecule has 4 heteroatoms. The fourth-order valence-electron chi connectivity index (χ4n) is 4.16. The number of benzene rings is 1. The van der Waals surface area contributed by atoms with Gasteiger partial charge in [0.25, 0.3) is 0 Å².